The van der Waals surface area contributed by atoms with Gasteiger partial charge in [0.1, 0.15) is 10.6 Å². The molecule has 1 aromatic heterocycles. The first-order valence-electron chi connectivity index (χ1n) is 9.62. The predicted octanol–water partition coefficient (Wildman–Crippen LogP) is 4.64. The number of methoxy groups -OCH3 is 1. The monoisotopic (exact) mass is 420 g/mol. The maximum Gasteiger partial charge on any atom is 0.244 e. The van der Waals surface area contributed by atoms with Crippen molar-refractivity contribution in [3.05, 3.63) is 47.7 Å². The number of rotatable bonds is 7. The van der Waals surface area contributed by atoms with Crippen LogP contribution in [0.4, 0.5) is 0 Å². The van der Waals surface area contributed by atoms with E-state index in [1.165, 1.54) is 22.5 Å². The highest BCUT2D eigenvalue weighted by Gasteiger charge is 2.29. The normalized spacial score (nSPS) is 15.7. The fourth-order valence-corrected chi connectivity index (χ4v) is 5.77. The molecular formula is C21H28N2O3S2. The average molecular weight is 421 g/mol. The summed E-state index contributed by atoms with van der Waals surface area (Å²) in [5.74, 6) is 1.57. The standard InChI is InChI=1S/C21H28N2O3S2/c1-16-9-11-20(26-3)17(13-16)15-27-21-12-10-19(14-22-21)28(24,25)23(2)18-7-5-4-6-8-18/h9-14,18H,4-8,15H2,1-3H3. The van der Waals surface area contributed by atoms with E-state index in [4.69, 9.17) is 4.74 Å². The SMILES string of the molecule is COc1ccc(C)cc1CSc1ccc(S(=O)(=O)N(C)C2CCCCC2)cn1. The molecule has 1 aliphatic carbocycles. The van der Waals surface area contributed by atoms with E-state index in [2.05, 4.69) is 11.1 Å². The molecule has 0 saturated heterocycles. The summed E-state index contributed by atoms with van der Waals surface area (Å²) in [6.07, 6.45) is 6.75. The highest BCUT2D eigenvalue weighted by Crippen LogP contribution is 2.29. The molecular weight excluding hydrogens is 392 g/mol. The van der Waals surface area contributed by atoms with Crippen molar-refractivity contribution in [2.45, 2.75) is 60.7 Å². The van der Waals surface area contributed by atoms with Crippen molar-refractivity contribution in [1.82, 2.24) is 9.29 Å². The molecule has 7 heteroatoms. The lowest BCUT2D eigenvalue weighted by Gasteiger charge is -2.30. The van der Waals surface area contributed by atoms with Gasteiger partial charge in [0.05, 0.1) is 12.1 Å². The molecule has 0 amide bonds. The number of pyridine rings is 1. The van der Waals surface area contributed by atoms with Crippen LogP contribution in [0, 0.1) is 6.92 Å². The van der Waals surface area contributed by atoms with Crippen LogP contribution in [0.1, 0.15) is 43.2 Å². The van der Waals surface area contributed by atoms with Crippen molar-refractivity contribution in [3.63, 3.8) is 0 Å². The van der Waals surface area contributed by atoms with Crippen molar-refractivity contribution in [1.29, 1.82) is 0 Å². The van der Waals surface area contributed by atoms with Gasteiger partial charge in [0.25, 0.3) is 0 Å². The van der Waals surface area contributed by atoms with Gasteiger partial charge in [0.2, 0.25) is 10.0 Å². The lowest BCUT2D eigenvalue weighted by atomic mass is 9.96. The second kappa shape index (κ2) is 9.29. The van der Waals surface area contributed by atoms with E-state index in [9.17, 15) is 8.42 Å². The zero-order chi connectivity index (χ0) is 20.1. The van der Waals surface area contributed by atoms with Crippen LogP contribution >= 0.6 is 11.8 Å². The van der Waals surface area contributed by atoms with Crippen LogP contribution in [-0.2, 0) is 15.8 Å². The van der Waals surface area contributed by atoms with E-state index in [0.29, 0.717) is 5.75 Å². The molecule has 0 radical (unpaired) electrons. The number of hydrogen-bond donors (Lipinski definition) is 0. The Morgan fingerprint density at radius 3 is 2.57 bits per heavy atom. The predicted molar refractivity (Wildman–Crippen MR) is 113 cm³/mol. The number of hydrogen-bond acceptors (Lipinski definition) is 5. The van der Waals surface area contributed by atoms with Crippen molar-refractivity contribution in [2.24, 2.45) is 0 Å². The summed E-state index contributed by atoms with van der Waals surface area (Å²) < 4.78 is 32.8. The number of thioether (sulfide) groups is 1. The van der Waals surface area contributed by atoms with Crippen LogP contribution in [0.2, 0.25) is 0 Å². The van der Waals surface area contributed by atoms with E-state index >= 15 is 0 Å². The summed E-state index contributed by atoms with van der Waals surface area (Å²) in [5, 5.41) is 0.794. The molecule has 0 atom stereocenters. The van der Waals surface area contributed by atoms with Crippen LogP contribution in [-0.4, -0.2) is 37.9 Å². The third-order valence-corrected chi connectivity index (χ3v) is 8.17. The van der Waals surface area contributed by atoms with Gasteiger partial charge in [-0.2, -0.15) is 4.31 Å². The largest absolute Gasteiger partial charge is 0.496 e. The number of ether oxygens (including phenoxy) is 1. The van der Waals surface area contributed by atoms with E-state index < -0.39 is 10.0 Å². The van der Waals surface area contributed by atoms with Crippen molar-refractivity contribution in [3.8, 4) is 5.75 Å². The Morgan fingerprint density at radius 1 is 1.18 bits per heavy atom. The van der Waals surface area contributed by atoms with Gasteiger partial charge in [-0.1, -0.05) is 37.0 Å². The molecule has 1 heterocycles. The fourth-order valence-electron chi connectivity index (χ4n) is 3.58. The minimum Gasteiger partial charge on any atom is -0.496 e. The summed E-state index contributed by atoms with van der Waals surface area (Å²) in [6, 6.07) is 9.64. The fraction of sp³-hybridized carbons (Fsp3) is 0.476. The molecule has 0 bridgehead atoms. The quantitative estimate of drug-likeness (QED) is 0.611. The second-order valence-electron chi connectivity index (χ2n) is 7.25. The lowest BCUT2D eigenvalue weighted by Crippen LogP contribution is -2.38. The third-order valence-electron chi connectivity index (χ3n) is 5.29. The highest BCUT2D eigenvalue weighted by atomic mass is 32.2. The van der Waals surface area contributed by atoms with Crippen molar-refractivity contribution < 1.29 is 13.2 Å². The van der Waals surface area contributed by atoms with Gasteiger partial charge in [0, 0.05) is 30.6 Å². The van der Waals surface area contributed by atoms with Gasteiger partial charge in [-0.05, 0) is 38.0 Å². The Balaban J connectivity index is 1.68. The number of benzene rings is 1. The van der Waals surface area contributed by atoms with E-state index in [1.54, 1.807) is 38.1 Å². The first kappa shape index (κ1) is 21.1. The van der Waals surface area contributed by atoms with Crippen LogP contribution in [0.15, 0.2) is 46.5 Å². The summed E-state index contributed by atoms with van der Waals surface area (Å²) in [4.78, 5) is 4.64. The number of aryl methyl sites for hydroxylation is 1. The molecule has 1 saturated carbocycles. The number of sulfonamides is 1. The minimum absolute atomic E-state index is 0.0987. The summed E-state index contributed by atoms with van der Waals surface area (Å²) >= 11 is 1.57. The van der Waals surface area contributed by atoms with Gasteiger partial charge >= 0.3 is 0 Å². The van der Waals surface area contributed by atoms with Gasteiger partial charge in [0.15, 0.2) is 0 Å². The minimum atomic E-state index is -3.50. The first-order valence-corrected chi connectivity index (χ1v) is 12.0. The van der Waals surface area contributed by atoms with Gasteiger partial charge in [-0.25, -0.2) is 13.4 Å². The Labute approximate surface area is 172 Å². The van der Waals surface area contributed by atoms with Gasteiger partial charge in [-0.3, -0.25) is 0 Å². The first-order chi connectivity index (χ1) is 13.4. The number of nitrogens with zero attached hydrogens (tertiary/aromatic N) is 2. The molecule has 0 N–H and O–H groups in total. The average Bonchev–Trinajstić information content (AvgIpc) is 2.72. The molecule has 152 valence electrons. The maximum absolute atomic E-state index is 12.9. The molecule has 1 aromatic carbocycles. The zero-order valence-electron chi connectivity index (χ0n) is 16.7. The molecule has 1 aliphatic rings. The molecule has 2 aromatic rings. The maximum atomic E-state index is 12.9. The summed E-state index contributed by atoms with van der Waals surface area (Å²) in [5.41, 5.74) is 2.28. The van der Waals surface area contributed by atoms with Crippen LogP contribution in [0.3, 0.4) is 0 Å². The molecule has 5 nitrogen and oxygen atoms in total. The smallest absolute Gasteiger partial charge is 0.244 e. The van der Waals surface area contributed by atoms with Gasteiger partial charge < -0.3 is 4.74 Å². The van der Waals surface area contributed by atoms with Crippen molar-refractivity contribution >= 4 is 21.8 Å². The lowest BCUT2D eigenvalue weighted by molar-refractivity contribution is 0.285. The molecule has 28 heavy (non-hydrogen) atoms. The summed E-state index contributed by atoms with van der Waals surface area (Å²) in [6.45, 7) is 2.05. The molecule has 0 unspecified atom stereocenters. The Morgan fingerprint density at radius 2 is 1.93 bits per heavy atom. The van der Waals surface area contributed by atoms with Crippen LogP contribution < -0.4 is 4.74 Å². The topological polar surface area (TPSA) is 59.5 Å². The van der Waals surface area contributed by atoms with Gasteiger partial charge in [-0.15, -0.1) is 11.8 Å². The van der Waals surface area contributed by atoms with Crippen LogP contribution in [0.25, 0.3) is 0 Å². The Kier molecular flexibility index (Phi) is 7.01. The molecule has 0 aliphatic heterocycles. The van der Waals surface area contributed by atoms with E-state index in [-0.39, 0.29) is 10.9 Å². The second-order valence-corrected chi connectivity index (χ2v) is 10.2. The van der Waals surface area contributed by atoms with Crippen molar-refractivity contribution in [2.75, 3.05) is 14.2 Å². The van der Waals surface area contributed by atoms with Crippen LogP contribution in [0.5, 0.6) is 5.75 Å². The molecule has 3 rings (SSSR count). The molecule has 1 fully saturated rings. The zero-order valence-corrected chi connectivity index (χ0v) is 18.4. The van der Waals surface area contributed by atoms with E-state index in [0.717, 1.165) is 42.0 Å². The summed E-state index contributed by atoms with van der Waals surface area (Å²) in [7, 11) is -0.139. The Bertz CT molecular complexity index is 892. The molecule has 0 spiro atoms. The highest BCUT2D eigenvalue weighted by molar-refractivity contribution is 7.98. The van der Waals surface area contributed by atoms with E-state index in [1.807, 2.05) is 19.1 Å². The Hall–Kier alpha value is -1.57. The number of aromatic nitrogens is 1. The third kappa shape index (κ3) is 4.88.